The fourth-order valence-electron chi connectivity index (χ4n) is 1.70. The molecule has 1 fully saturated rings. The molecule has 0 aromatic heterocycles. The van der Waals surface area contributed by atoms with Crippen LogP contribution in [0.3, 0.4) is 0 Å². The molecule has 11 heavy (non-hydrogen) atoms. The lowest BCUT2D eigenvalue weighted by atomic mass is 9.91. The molecule has 0 saturated heterocycles. The van der Waals surface area contributed by atoms with E-state index in [-0.39, 0.29) is 0 Å². The average molecular weight is 155 g/mol. The van der Waals surface area contributed by atoms with Crippen LogP contribution in [0.4, 0.5) is 0 Å². The van der Waals surface area contributed by atoms with Crippen molar-refractivity contribution in [2.45, 2.75) is 44.2 Å². The van der Waals surface area contributed by atoms with Gasteiger partial charge in [0.05, 0.1) is 0 Å². The highest BCUT2D eigenvalue weighted by Crippen LogP contribution is 2.16. The third-order valence-corrected chi connectivity index (χ3v) is 2.40. The molecule has 1 aliphatic carbocycles. The Balaban J connectivity index is 2.18. The van der Waals surface area contributed by atoms with Crippen LogP contribution in [0.25, 0.3) is 0 Å². The quantitative estimate of drug-likeness (QED) is 0.640. The Morgan fingerprint density at radius 3 is 2.73 bits per heavy atom. The van der Waals surface area contributed by atoms with Gasteiger partial charge >= 0.3 is 0 Å². The maximum absolute atomic E-state index is 5.94. The molecule has 2 heteroatoms. The molecule has 1 rings (SSSR count). The summed E-state index contributed by atoms with van der Waals surface area (Å²) in [5, 5.41) is 3.43. The largest absolute Gasteiger partial charge is 0.326 e. The van der Waals surface area contributed by atoms with Crippen LogP contribution in [0.2, 0.25) is 0 Å². The monoisotopic (exact) mass is 155 g/mol. The molecule has 0 heterocycles. The van der Waals surface area contributed by atoms with Crippen molar-refractivity contribution in [1.29, 1.82) is 0 Å². The van der Waals surface area contributed by atoms with Crippen molar-refractivity contribution in [3.05, 3.63) is 6.92 Å². The summed E-state index contributed by atoms with van der Waals surface area (Å²) in [5.74, 6) is 0. The SMILES string of the molecule is [CH2]CCNC1CCCCC1N. The van der Waals surface area contributed by atoms with Crippen LogP contribution in [0.15, 0.2) is 0 Å². The zero-order valence-corrected chi connectivity index (χ0v) is 7.18. The van der Waals surface area contributed by atoms with Crippen LogP contribution in [-0.4, -0.2) is 18.6 Å². The number of hydrogen-bond acceptors (Lipinski definition) is 2. The van der Waals surface area contributed by atoms with Crippen LogP contribution in [0.1, 0.15) is 32.1 Å². The highest BCUT2D eigenvalue weighted by molar-refractivity contribution is 4.83. The molecule has 65 valence electrons. The van der Waals surface area contributed by atoms with Crippen LogP contribution in [0.5, 0.6) is 0 Å². The van der Waals surface area contributed by atoms with E-state index in [1.165, 1.54) is 25.7 Å². The van der Waals surface area contributed by atoms with Crippen LogP contribution < -0.4 is 11.1 Å². The van der Waals surface area contributed by atoms with E-state index >= 15 is 0 Å². The summed E-state index contributed by atoms with van der Waals surface area (Å²) in [7, 11) is 0. The Bertz CT molecular complexity index is 104. The van der Waals surface area contributed by atoms with Crippen molar-refractivity contribution in [2.24, 2.45) is 5.73 Å². The second-order valence-electron chi connectivity index (χ2n) is 3.36. The van der Waals surface area contributed by atoms with Crippen molar-refractivity contribution in [3.8, 4) is 0 Å². The molecule has 2 unspecified atom stereocenters. The van der Waals surface area contributed by atoms with E-state index in [1.807, 2.05) is 0 Å². The average Bonchev–Trinajstić information content (AvgIpc) is 2.03. The number of nitrogens with two attached hydrogens (primary N) is 1. The van der Waals surface area contributed by atoms with Gasteiger partial charge in [0, 0.05) is 12.1 Å². The molecule has 0 amide bonds. The van der Waals surface area contributed by atoms with Gasteiger partial charge in [-0.15, -0.1) is 0 Å². The fraction of sp³-hybridized carbons (Fsp3) is 0.889. The lowest BCUT2D eigenvalue weighted by Gasteiger charge is -2.29. The van der Waals surface area contributed by atoms with Crippen LogP contribution in [0, 0.1) is 6.92 Å². The van der Waals surface area contributed by atoms with Gasteiger partial charge in [-0.1, -0.05) is 19.8 Å². The Kier molecular flexibility index (Phi) is 3.87. The van der Waals surface area contributed by atoms with E-state index in [9.17, 15) is 0 Å². The summed E-state index contributed by atoms with van der Waals surface area (Å²) in [4.78, 5) is 0. The lowest BCUT2D eigenvalue weighted by Crippen LogP contribution is -2.47. The standard InChI is InChI=1S/C9H19N2/c1-2-7-11-9-6-4-3-5-8(9)10/h8-9,11H,1-7,10H2. The smallest absolute Gasteiger partial charge is 0.0219 e. The summed E-state index contributed by atoms with van der Waals surface area (Å²) in [5.41, 5.74) is 5.94. The minimum Gasteiger partial charge on any atom is -0.326 e. The second-order valence-corrected chi connectivity index (χ2v) is 3.36. The topological polar surface area (TPSA) is 38.0 Å². The van der Waals surface area contributed by atoms with Crippen molar-refractivity contribution in [2.75, 3.05) is 6.54 Å². The second kappa shape index (κ2) is 4.73. The lowest BCUT2D eigenvalue weighted by molar-refractivity contribution is 0.330. The molecule has 1 saturated carbocycles. The van der Waals surface area contributed by atoms with Gasteiger partial charge in [-0.25, -0.2) is 0 Å². The molecule has 3 N–H and O–H groups in total. The summed E-state index contributed by atoms with van der Waals surface area (Å²) >= 11 is 0. The van der Waals surface area contributed by atoms with Gasteiger partial charge in [0.1, 0.15) is 0 Å². The predicted octanol–water partition coefficient (Wildman–Crippen LogP) is 1.07. The van der Waals surface area contributed by atoms with E-state index in [0.29, 0.717) is 12.1 Å². The van der Waals surface area contributed by atoms with Gasteiger partial charge in [-0.3, -0.25) is 0 Å². The molecule has 2 atom stereocenters. The molecular weight excluding hydrogens is 136 g/mol. The summed E-state index contributed by atoms with van der Waals surface area (Å²) in [6.45, 7) is 4.80. The fourth-order valence-corrected chi connectivity index (χ4v) is 1.70. The van der Waals surface area contributed by atoms with E-state index in [2.05, 4.69) is 12.2 Å². The molecular formula is C9H19N2. The van der Waals surface area contributed by atoms with Gasteiger partial charge in [-0.2, -0.15) is 0 Å². The van der Waals surface area contributed by atoms with Gasteiger partial charge in [0.15, 0.2) is 0 Å². The Morgan fingerprint density at radius 1 is 1.36 bits per heavy atom. The van der Waals surface area contributed by atoms with E-state index in [1.54, 1.807) is 0 Å². The molecule has 0 bridgehead atoms. The first-order chi connectivity index (χ1) is 5.34. The van der Waals surface area contributed by atoms with E-state index in [0.717, 1.165) is 13.0 Å². The first-order valence-electron chi connectivity index (χ1n) is 4.63. The highest BCUT2D eigenvalue weighted by Gasteiger charge is 2.20. The Hall–Kier alpha value is -0.0800. The molecule has 2 nitrogen and oxygen atoms in total. The molecule has 0 aromatic rings. The van der Waals surface area contributed by atoms with Gasteiger partial charge in [0.2, 0.25) is 0 Å². The third-order valence-electron chi connectivity index (χ3n) is 2.40. The van der Waals surface area contributed by atoms with Gasteiger partial charge in [-0.05, 0) is 25.8 Å². The molecule has 0 spiro atoms. The van der Waals surface area contributed by atoms with Crippen molar-refractivity contribution in [1.82, 2.24) is 5.32 Å². The van der Waals surface area contributed by atoms with E-state index < -0.39 is 0 Å². The summed E-state index contributed by atoms with van der Waals surface area (Å²) in [6.07, 6.45) is 6.05. The summed E-state index contributed by atoms with van der Waals surface area (Å²) < 4.78 is 0. The van der Waals surface area contributed by atoms with Crippen LogP contribution >= 0.6 is 0 Å². The predicted molar refractivity (Wildman–Crippen MR) is 48.2 cm³/mol. The van der Waals surface area contributed by atoms with Gasteiger partial charge in [0.25, 0.3) is 0 Å². The maximum Gasteiger partial charge on any atom is 0.0219 e. The maximum atomic E-state index is 5.94. The first-order valence-corrected chi connectivity index (χ1v) is 4.63. The number of hydrogen-bond donors (Lipinski definition) is 2. The Labute approximate surface area is 69.5 Å². The van der Waals surface area contributed by atoms with Crippen LogP contribution in [-0.2, 0) is 0 Å². The van der Waals surface area contributed by atoms with Crippen molar-refractivity contribution < 1.29 is 0 Å². The molecule has 1 radical (unpaired) electrons. The first kappa shape index (κ1) is 9.01. The third kappa shape index (κ3) is 2.80. The van der Waals surface area contributed by atoms with Gasteiger partial charge < -0.3 is 11.1 Å². The summed E-state index contributed by atoms with van der Waals surface area (Å²) in [6, 6.07) is 0.945. The highest BCUT2D eigenvalue weighted by atomic mass is 14.9. The minimum absolute atomic E-state index is 0.385. The zero-order chi connectivity index (χ0) is 8.10. The zero-order valence-electron chi connectivity index (χ0n) is 7.18. The van der Waals surface area contributed by atoms with Crippen molar-refractivity contribution in [3.63, 3.8) is 0 Å². The number of nitrogens with one attached hydrogen (secondary N) is 1. The number of rotatable bonds is 3. The minimum atomic E-state index is 0.385. The molecule has 0 aromatic carbocycles. The van der Waals surface area contributed by atoms with E-state index in [4.69, 9.17) is 5.73 Å². The van der Waals surface area contributed by atoms with Crippen molar-refractivity contribution >= 4 is 0 Å². The molecule has 0 aliphatic heterocycles. The molecule has 1 aliphatic rings. The normalized spacial score (nSPS) is 32.2. The Morgan fingerprint density at radius 2 is 2.09 bits per heavy atom.